The zero-order valence-electron chi connectivity index (χ0n) is 17.1. The minimum atomic E-state index is -5.00. The third-order valence-electron chi connectivity index (χ3n) is 4.71. The van der Waals surface area contributed by atoms with Gasteiger partial charge >= 0.3 is 6.18 Å². The average molecular weight is 460 g/mol. The smallest absolute Gasteiger partial charge is 0.453 e. The molecule has 0 bridgehead atoms. The molecule has 0 amide bonds. The van der Waals surface area contributed by atoms with Gasteiger partial charge in [0.1, 0.15) is 35.3 Å². The summed E-state index contributed by atoms with van der Waals surface area (Å²) in [6.45, 7) is -0.160. The summed E-state index contributed by atoms with van der Waals surface area (Å²) in [6.07, 6.45) is -5.00. The molecule has 0 aliphatic carbocycles. The van der Waals surface area contributed by atoms with Crippen LogP contribution >= 0.6 is 0 Å². The van der Waals surface area contributed by atoms with Crippen molar-refractivity contribution in [2.45, 2.75) is 12.8 Å². The second-order valence-electron chi connectivity index (χ2n) is 6.90. The Morgan fingerprint density at radius 2 is 1.58 bits per heavy atom. The molecule has 33 heavy (non-hydrogen) atoms. The number of halogens is 4. The Kier molecular flexibility index (Phi) is 5.95. The molecule has 4 rings (SSSR count). The summed E-state index contributed by atoms with van der Waals surface area (Å²) in [7, 11) is 1.43. The molecule has 0 radical (unpaired) electrons. The van der Waals surface area contributed by atoms with E-state index in [2.05, 4.69) is 0 Å². The number of ether oxygens (including phenoxy) is 3. The molecule has 1 heterocycles. The third kappa shape index (κ3) is 4.77. The van der Waals surface area contributed by atoms with E-state index in [1.807, 2.05) is 0 Å². The molecule has 0 N–H and O–H groups in total. The summed E-state index contributed by atoms with van der Waals surface area (Å²) >= 11 is 0. The fraction of sp³-hybridized carbons (Fsp3) is 0.125. The number of hydrogen-bond donors (Lipinski definition) is 0. The predicted molar refractivity (Wildman–Crippen MR) is 111 cm³/mol. The molecule has 0 unspecified atom stereocenters. The van der Waals surface area contributed by atoms with Gasteiger partial charge in [-0.15, -0.1) is 0 Å². The molecule has 3 aromatic carbocycles. The first-order valence-corrected chi connectivity index (χ1v) is 9.62. The quantitative estimate of drug-likeness (QED) is 0.315. The van der Waals surface area contributed by atoms with E-state index < -0.39 is 28.9 Å². The maximum atomic E-state index is 13.8. The lowest BCUT2D eigenvalue weighted by molar-refractivity contribution is -0.154. The third-order valence-corrected chi connectivity index (χ3v) is 4.71. The molecule has 0 aliphatic heterocycles. The fourth-order valence-electron chi connectivity index (χ4n) is 3.06. The fourth-order valence-corrected chi connectivity index (χ4v) is 3.06. The zero-order valence-corrected chi connectivity index (χ0v) is 17.1. The first-order valence-electron chi connectivity index (χ1n) is 9.62. The van der Waals surface area contributed by atoms with E-state index in [9.17, 15) is 22.4 Å². The molecule has 0 fully saturated rings. The van der Waals surface area contributed by atoms with Crippen LogP contribution in [0.4, 0.5) is 17.6 Å². The van der Waals surface area contributed by atoms with E-state index in [4.69, 9.17) is 18.6 Å². The molecule has 0 saturated carbocycles. The van der Waals surface area contributed by atoms with E-state index in [0.29, 0.717) is 5.75 Å². The number of alkyl halides is 3. The summed E-state index contributed by atoms with van der Waals surface area (Å²) in [5.41, 5.74) is -1.08. The van der Waals surface area contributed by atoms with Crippen molar-refractivity contribution in [2.75, 3.05) is 7.11 Å². The zero-order chi connectivity index (χ0) is 23.6. The highest BCUT2D eigenvalue weighted by atomic mass is 19.4. The topological polar surface area (TPSA) is 57.9 Å². The maximum Gasteiger partial charge on any atom is 0.453 e. The van der Waals surface area contributed by atoms with Crippen LogP contribution in [-0.4, -0.2) is 7.11 Å². The molecule has 5 nitrogen and oxygen atoms in total. The van der Waals surface area contributed by atoms with E-state index in [0.717, 1.165) is 6.07 Å². The van der Waals surface area contributed by atoms with Crippen molar-refractivity contribution in [3.05, 3.63) is 94.1 Å². The Morgan fingerprint density at radius 3 is 2.24 bits per heavy atom. The highest BCUT2D eigenvalue weighted by Gasteiger charge is 2.40. The molecule has 0 aliphatic rings. The number of fused-ring (bicyclic) bond motifs is 1. The van der Waals surface area contributed by atoms with E-state index in [-0.39, 0.29) is 34.6 Å². The van der Waals surface area contributed by atoms with Crippen LogP contribution in [0.5, 0.6) is 23.0 Å². The lowest BCUT2D eigenvalue weighted by Crippen LogP contribution is -2.15. The average Bonchev–Trinajstić information content (AvgIpc) is 2.80. The lowest BCUT2D eigenvalue weighted by Gasteiger charge is -2.14. The summed E-state index contributed by atoms with van der Waals surface area (Å²) in [4.78, 5) is 12.9. The summed E-state index contributed by atoms with van der Waals surface area (Å²) in [5, 5.41) is -0.134. The van der Waals surface area contributed by atoms with Crippen molar-refractivity contribution < 1.29 is 36.2 Å². The number of rotatable bonds is 6. The SMILES string of the molecule is COc1ccc(Oc2c(C(F)(F)F)oc3cc(OCc4ccccc4F)ccc3c2=O)cc1. The van der Waals surface area contributed by atoms with Crippen LogP contribution in [-0.2, 0) is 12.8 Å². The highest BCUT2D eigenvalue weighted by Crippen LogP contribution is 2.39. The van der Waals surface area contributed by atoms with Crippen molar-refractivity contribution in [1.29, 1.82) is 0 Å². The van der Waals surface area contributed by atoms with Gasteiger partial charge in [0, 0.05) is 11.6 Å². The van der Waals surface area contributed by atoms with E-state index in [1.54, 1.807) is 6.07 Å². The second-order valence-corrected chi connectivity index (χ2v) is 6.90. The minimum Gasteiger partial charge on any atom is -0.497 e. The molecule has 0 spiro atoms. The largest absolute Gasteiger partial charge is 0.497 e. The van der Waals surface area contributed by atoms with E-state index in [1.165, 1.54) is 61.7 Å². The number of benzene rings is 3. The first kappa shape index (κ1) is 22.2. The Morgan fingerprint density at radius 1 is 0.909 bits per heavy atom. The van der Waals surface area contributed by atoms with Crippen molar-refractivity contribution in [2.24, 2.45) is 0 Å². The second kappa shape index (κ2) is 8.85. The van der Waals surface area contributed by atoms with Gasteiger partial charge in [-0.1, -0.05) is 18.2 Å². The Balaban J connectivity index is 1.71. The Labute approximate surface area is 184 Å². The van der Waals surface area contributed by atoms with Crippen molar-refractivity contribution in [3.63, 3.8) is 0 Å². The van der Waals surface area contributed by atoms with Gasteiger partial charge in [-0.3, -0.25) is 4.79 Å². The maximum absolute atomic E-state index is 13.8. The molecule has 0 atom stereocenters. The van der Waals surface area contributed by atoms with Crippen LogP contribution in [0.15, 0.2) is 75.9 Å². The highest BCUT2D eigenvalue weighted by molar-refractivity contribution is 5.79. The van der Waals surface area contributed by atoms with Gasteiger partial charge in [0.2, 0.25) is 11.2 Å². The first-order chi connectivity index (χ1) is 15.8. The van der Waals surface area contributed by atoms with Crippen LogP contribution in [0.3, 0.4) is 0 Å². The van der Waals surface area contributed by atoms with Gasteiger partial charge in [-0.05, 0) is 42.5 Å². The van der Waals surface area contributed by atoms with Crippen molar-refractivity contribution >= 4 is 11.0 Å². The molecular weight excluding hydrogens is 444 g/mol. The standard InChI is InChI=1S/C24H16F4O5/c1-30-15-6-8-16(9-7-15)32-22-21(29)18-11-10-17(12-20(18)33-23(22)24(26,27)28)31-13-14-4-2-3-5-19(14)25/h2-12H,13H2,1H3. The summed E-state index contributed by atoms with van der Waals surface area (Å²) < 4.78 is 75.6. The van der Waals surface area contributed by atoms with Gasteiger partial charge in [0.25, 0.3) is 5.76 Å². The van der Waals surface area contributed by atoms with Gasteiger partial charge in [-0.2, -0.15) is 13.2 Å². The Hall–Kier alpha value is -4.01. The van der Waals surface area contributed by atoms with Gasteiger partial charge in [-0.25, -0.2) is 4.39 Å². The van der Waals surface area contributed by atoms with Gasteiger partial charge in [0.05, 0.1) is 12.5 Å². The van der Waals surface area contributed by atoms with Crippen molar-refractivity contribution in [1.82, 2.24) is 0 Å². The van der Waals surface area contributed by atoms with E-state index >= 15 is 0 Å². The molecule has 9 heteroatoms. The van der Waals surface area contributed by atoms with Crippen LogP contribution in [0.2, 0.25) is 0 Å². The van der Waals surface area contributed by atoms with Crippen LogP contribution in [0.25, 0.3) is 11.0 Å². The molecule has 4 aromatic rings. The predicted octanol–water partition coefficient (Wildman–Crippen LogP) is 6.33. The monoisotopic (exact) mass is 460 g/mol. The van der Waals surface area contributed by atoms with Crippen LogP contribution < -0.4 is 19.6 Å². The van der Waals surface area contributed by atoms with Crippen LogP contribution in [0.1, 0.15) is 11.3 Å². The summed E-state index contributed by atoms with van der Waals surface area (Å²) in [6, 6.07) is 15.4. The molecule has 1 aromatic heterocycles. The number of hydrogen-bond acceptors (Lipinski definition) is 5. The van der Waals surface area contributed by atoms with Gasteiger partial charge in [0.15, 0.2) is 0 Å². The molecular formula is C24H16F4O5. The lowest BCUT2D eigenvalue weighted by atomic mass is 10.2. The molecule has 0 saturated heterocycles. The summed E-state index contributed by atoms with van der Waals surface area (Å²) in [5.74, 6) is -2.48. The Bertz CT molecular complexity index is 1340. The normalized spacial score (nSPS) is 11.4. The van der Waals surface area contributed by atoms with Gasteiger partial charge < -0.3 is 18.6 Å². The molecule has 170 valence electrons. The minimum absolute atomic E-state index is 0.00205. The number of methoxy groups -OCH3 is 1. The van der Waals surface area contributed by atoms with Crippen LogP contribution in [0, 0.1) is 5.82 Å². The van der Waals surface area contributed by atoms with Crippen molar-refractivity contribution in [3.8, 4) is 23.0 Å².